The van der Waals surface area contributed by atoms with Gasteiger partial charge in [0.1, 0.15) is 89.4 Å². The Morgan fingerprint density at radius 3 is 1.74 bits per heavy atom. The number of hydrogen-bond donors (Lipinski definition) is 10. The van der Waals surface area contributed by atoms with E-state index in [0.717, 1.165) is 13.2 Å². The molecule has 2 aromatic carbocycles. The smallest absolute Gasteiger partial charge is 0.197 e. The summed E-state index contributed by atoms with van der Waals surface area (Å²) in [6, 6.07) is 6.56. The maximum atomic E-state index is 13.6. The van der Waals surface area contributed by atoms with Crippen molar-refractivity contribution in [2.24, 2.45) is 0 Å². The van der Waals surface area contributed by atoms with Crippen LogP contribution in [0.2, 0.25) is 0 Å². The molecule has 10 atom stereocenters. The Labute approximate surface area is 242 Å². The van der Waals surface area contributed by atoms with Crippen LogP contribution in [0.4, 0.5) is 0 Å². The van der Waals surface area contributed by atoms with Gasteiger partial charge in [-0.05, 0) is 24.3 Å². The third-order valence-corrected chi connectivity index (χ3v) is 7.88. The molecule has 5 rings (SSSR count). The number of hydrogen-bond acceptors (Lipinski definition) is 15. The average Bonchev–Trinajstić information content (AvgIpc) is 2.99. The van der Waals surface area contributed by atoms with Gasteiger partial charge in [0.25, 0.3) is 0 Å². The lowest BCUT2D eigenvalue weighted by molar-refractivity contribution is -0.233. The van der Waals surface area contributed by atoms with E-state index >= 15 is 0 Å². The van der Waals surface area contributed by atoms with Gasteiger partial charge < -0.3 is 69.7 Å². The van der Waals surface area contributed by atoms with Crippen LogP contribution in [0.15, 0.2) is 39.5 Å². The highest BCUT2D eigenvalue weighted by Gasteiger charge is 2.50. The van der Waals surface area contributed by atoms with Crippen LogP contribution in [0.25, 0.3) is 22.3 Å². The molecule has 234 valence electrons. The molecule has 2 aliphatic heterocycles. The first-order valence-electron chi connectivity index (χ1n) is 13.3. The highest BCUT2D eigenvalue weighted by molar-refractivity contribution is 5.92. The summed E-state index contributed by atoms with van der Waals surface area (Å²) in [7, 11) is 1.11. The van der Waals surface area contributed by atoms with Crippen molar-refractivity contribution in [2.75, 3.05) is 20.3 Å². The van der Waals surface area contributed by atoms with Crippen molar-refractivity contribution in [3.63, 3.8) is 0 Å². The van der Waals surface area contributed by atoms with Crippen molar-refractivity contribution < 1.29 is 69.7 Å². The second-order valence-electron chi connectivity index (χ2n) is 10.4. The van der Waals surface area contributed by atoms with Crippen LogP contribution in [-0.2, 0) is 9.47 Å². The highest BCUT2D eigenvalue weighted by Crippen LogP contribution is 2.51. The van der Waals surface area contributed by atoms with Gasteiger partial charge in [-0.2, -0.15) is 0 Å². The number of benzene rings is 2. The van der Waals surface area contributed by atoms with Gasteiger partial charge in [0.2, 0.25) is 0 Å². The molecule has 0 aliphatic carbocycles. The fourth-order valence-electron chi connectivity index (χ4n) is 5.59. The highest BCUT2D eigenvalue weighted by atomic mass is 16.6. The van der Waals surface area contributed by atoms with E-state index in [4.69, 9.17) is 18.6 Å². The normalized spacial score (nSPS) is 33.0. The quantitative estimate of drug-likeness (QED) is 0.144. The topological polar surface area (TPSA) is 260 Å². The van der Waals surface area contributed by atoms with Crippen LogP contribution in [-0.4, -0.2) is 120 Å². The van der Waals surface area contributed by atoms with E-state index < -0.39 is 108 Å². The van der Waals surface area contributed by atoms with Crippen molar-refractivity contribution in [3.05, 3.63) is 51.7 Å². The fourth-order valence-corrected chi connectivity index (χ4v) is 5.59. The molecule has 0 spiro atoms. The number of rotatable bonds is 6. The Balaban J connectivity index is 1.85. The lowest BCUT2D eigenvalue weighted by atomic mass is 9.85. The van der Waals surface area contributed by atoms with Gasteiger partial charge in [-0.25, -0.2) is 0 Å². The first kappa shape index (κ1) is 31.1. The molecule has 15 nitrogen and oxygen atoms in total. The largest absolute Gasteiger partial charge is 0.508 e. The summed E-state index contributed by atoms with van der Waals surface area (Å²) in [4.78, 5) is 13.6. The van der Waals surface area contributed by atoms with E-state index in [0.29, 0.717) is 5.56 Å². The summed E-state index contributed by atoms with van der Waals surface area (Å²) in [5, 5.41) is 104. The van der Waals surface area contributed by atoms with Crippen LogP contribution < -0.4 is 10.2 Å². The molecule has 15 heteroatoms. The van der Waals surface area contributed by atoms with Crippen LogP contribution in [0.5, 0.6) is 17.2 Å². The molecule has 0 bridgehead atoms. The lowest BCUT2D eigenvalue weighted by Gasteiger charge is -2.42. The monoisotopic (exact) mass is 608 g/mol. The van der Waals surface area contributed by atoms with Crippen molar-refractivity contribution in [1.29, 1.82) is 0 Å². The molecule has 0 amide bonds. The zero-order chi connectivity index (χ0) is 31.3. The Hall–Kier alpha value is -3.35. The number of fused-ring (bicyclic) bond motifs is 1. The molecule has 2 unspecified atom stereocenters. The maximum absolute atomic E-state index is 13.6. The Kier molecular flexibility index (Phi) is 8.65. The Morgan fingerprint density at radius 2 is 1.26 bits per heavy atom. The summed E-state index contributed by atoms with van der Waals surface area (Å²) in [5.41, 5.74) is -1.71. The van der Waals surface area contributed by atoms with Crippen molar-refractivity contribution >= 4 is 11.0 Å². The van der Waals surface area contributed by atoms with Gasteiger partial charge in [-0.15, -0.1) is 0 Å². The van der Waals surface area contributed by atoms with Crippen molar-refractivity contribution in [3.8, 4) is 28.6 Å². The second kappa shape index (κ2) is 12.0. The third kappa shape index (κ3) is 5.12. The zero-order valence-electron chi connectivity index (χ0n) is 22.6. The van der Waals surface area contributed by atoms with Crippen LogP contribution in [0, 0.1) is 0 Å². The molecule has 3 heterocycles. The first-order valence-corrected chi connectivity index (χ1v) is 13.3. The first-order chi connectivity index (χ1) is 20.4. The molecule has 43 heavy (non-hydrogen) atoms. The Bertz CT molecular complexity index is 1520. The van der Waals surface area contributed by atoms with E-state index in [2.05, 4.69) is 0 Å². The summed E-state index contributed by atoms with van der Waals surface area (Å²) in [5.74, 6) is -1.39. The molecular formula is C28H32O15. The van der Waals surface area contributed by atoms with Gasteiger partial charge in [0.15, 0.2) is 11.0 Å². The predicted molar refractivity (Wildman–Crippen MR) is 143 cm³/mol. The second-order valence-corrected chi connectivity index (χ2v) is 10.4. The van der Waals surface area contributed by atoms with Crippen molar-refractivity contribution in [2.45, 2.75) is 61.0 Å². The zero-order valence-corrected chi connectivity index (χ0v) is 22.6. The lowest BCUT2D eigenvalue weighted by Crippen LogP contribution is -2.55. The van der Waals surface area contributed by atoms with Gasteiger partial charge in [0, 0.05) is 11.6 Å². The number of phenolic OH excluding ortho intramolecular Hbond substituents is 2. The number of ether oxygens (including phenoxy) is 3. The Morgan fingerprint density at radius 1 is 0.744 bits per heavy atom. The number of methoxy groups -OCH3 is 1. The molecule has 2 fully saturated rings. The molecule has 2 saturated heterocycles. The minimum atomic E-state index is -1.94. The predicted octanol–water partition coefficient (Wildman–Crippen LogP) is -2.09. The molecule has 10 N–H and O–H groups in total. The molecule has 2 aliphatic rings. The molecule has 0 radical (unpaired) electrons. The molecule has 3 aromatic rings. The van der Waals surface area contributed by atoms with Crippen LogP contribution >= 0.6 is 0 Å². The summed E-state index contributed by atoms with van der Waals surface area (Å²) in [6.07, 6.45) is -17.4. The molecular weight excluding hydrogens is 576 g/mol. The number of aliphatic hydroxyl groups is 8. The van der Waals surface area contributed by atoms with E-state index in [1.807, 2.05) is 0 Å². The number of aliphatic hydroxyl groups excluding tert-OH is 8. The fraction of sp³-hybridized carbons (Fsp3) is 0.464. The standard InChI is InChI=1S/C28H32O15/c1-40-25-16(27-23(38)21(36)18(33)13(7-29)42-27)20(35)15-11(32)6-12(9-2-4-10(31)5-3-9)41-26(15)17(25)28-24(39)22(37)19(34)14(8-30)43-28/h2-6,13-14,18-19,21-24,27-31,33-39H,7-8H2,1H3/t13-,14-,18-,19+,21+,22+,23-,24-,27?,28?/m1/s1. The van der Waals surface area contributed by atoms with Crippen LogP contribution in [0.3, 0.4) is 0 Å². The summed E-state index contributed by atoms with van der Waals surface area (Å²) >= 11 is 0. The van der Waals surface area contributed by atoms with E-state index in [9.17, 15) is 55.9 Å². The molecule has 0 saturated carbocycles. The van der Waals surface area contributed by atoms with E-state index in [1.54, 1.807) is 0 Å². The van der Waals surface area contributed by atoms with Gasteiger partial charge >= 0.3 is 0 Å². The maximum Gasteiger partial charge on any atom is 0.197 e. The van der Waals surface area contributed by atoms with E-state index in [-0.39, 0.29) is 17.1 Å². The van der Waals surface area contributed by atoms with Gasteiger partial charge in [0.05, 0.1) is 31.5 Å². The van der Waals surface area contributed by atoms with E-state index in [1.165, 1.54) is 24.3 Å². The minimum absolute atomic E-state index is 0.0645. The van der Waals surface area contributed by atoms with Gasteiger partial charge in [-0.1, -0.05) is 0 Å². The molecule has 1 aromatic heterocycles. The summed E-state index contributed by atoms with van der Waals surface area (Å²) < 4.78 is 23.0. The average molecular weight is 609 g/mol. The number of aromatic hydroxyl groups is 2. The van der Waals surface area contributed by atoms with Crippen molar-refractivity contribution in [1.82, 2.24) is 0 Å². The third-order valence-electron chi connectivity index (χ3n) is 7.88. The van der Waals surface area contributed by atoms with Gasteiger partial charge in [-0.3, -0.25) is 4.79 Å². The minimum Gasteiger partial charge on any atom is -0.508 e. The van der Waals surface area contributed by atoms with Crippen LogP contribution in [0.1, 0.15) is 23.3 Å². The SMILES string of the molecule is COc1c(C2O[C@H](CO)[C@@H](O)[C@H](O)[C@H]2O)c(O)c2c(=O)cc(-c3ccc(O)cc3)oc2c1C1O[C@H](CO)[C@H](O)[C@H](O)[C@H]1O. The summed E-state index contributed by atoms with van der Waals surface area (Å²) in [6.45, 7) is -1.61. The number of phenols is 2.